The zero-order valence-corrected chi connectivity index (χ0v) is 16.1. The van der Waals surface area contributed by atoms with Crippen LogP contribution < -0.4 is 15.4 Å². The van der Waals surface area contributed by atoms with Crippen molar-refractivity contribution < 1.29 is 34.7 Å². The summed E-state index contributed by atoms with van der Waals surface area (Å²) < 4.78 is 53.5. The summed E-state index contributed by atoms with van der Waals surface area (Å²) in [6.07, 6.45) is 0. The molecule has 1 atom stereocenters. The first-order valence-electron chi connectivity index (χ1n) is 6.83. The van der Waals surface area contributed by atoms with Crippen LogP contribution in [0.2, 0.25) is 0 Å². The molecule has 142 valence electrons. The van der Waals surface area contributed by atoms with Crippen molar-refractivity contribution in [2.75, 3.05) is 11.1 Å². The molecule has 2 rings (SSSR count). The number of amides is 1. The van der Waals surface area contributed by atoms with Crippen LogP contribution in [0.5, 0.6) is 0 Å². The number of hydrogen-bond donors (Lipinski definition) is 5. The zero-order valence-electron chi connectivity index (χ0n) is 13.4. The van der Waals surface area contributed by atoms with Gasteiger partial charge in [-0.25, -0.2) is 0 Å². The molecule has 0 saturated heterocycles. The molecule has 0 fully saturated rings. The summed E-state index contributed by atoms with van der Waals surface area (Å²) in [6, 6.07) is 11.2. The number of benzene rings is 2. The number of nitrogens with one attached hydrogen (secondary N) is 1. The van der Waals surface area contributed by atoms with E-state index >= 15 is 0 Å². The molecule has 1 amide bonds. The average molecular weight is 448 g/mol. The van der Waals surface area contributed by atoms with Crippen molar-refractivity contribution in [3.05, 3.63) is 48.5 Å². The van der Waals surface area contributed by atoms with Crippen LogP contribution in [0.4, 0.5) is 11.4 Å². The first-order valence-corrected chi connectivity index (χ1v) is 11.6. The number of nitrogen functional groups attached to an aromatic ring is 1. The molecule has 0 saturated carbocycles. The molecule has 0 heterocycles. The monoisotopic (exact) mass is 448 g/mol. The summed E-state index contributed by atoms with van der Waals surface area (Å²) in [4.78, 5) is 10.4. The summed E-state index contributed by atoms with van der Waals surface area (Å²) in [5.74, 6) is -0.237. The number of hydrogen-bond acceptors (Lipinski definition) is 7. The smallest absolute Gasteiger partial charge is 0.296 e. The minimum absolute atomic E-state index is 0.00438. The van der Waals surface area contributed by atoms with Gasteiger partial charge in [-0.1, -0.05) is 12.1 Å². The van der Waals surface area contributed by atoms with Gasteiger partial charge in [0.05, 0.1) is 5.69 Å². The maximum Gasteiger partial charge on any atom is 0.296 e. The Morgan fingerprint density at radius 2 is 1.69 bits per heavy atom. The topological polar surface area (TPSA) is 176 Å². The maximum absolute atomic E-state index is 11.2. The van der Waals surface area contributed by atoms with Crippen molar-refractivity contribution in [2.45, 2.75) is 11.8 Å². The second-order valence-electron chi connectivity index (χ2n) is 4.84. The van der Waals surface area contributed by atoms with E-state index in [0.717, 1.165) is 0 Å². The second kappa shape index (κ2) is 8.99. The molecule has 2 aromatic rings. The van der Waals surface area contributed by atoms with Gasteiger partial charge in [-0.2, -0.15) is 8.42 Å². The number of nitrogens with two attached hydrogens (primary N) is 1. The summed E-state index contributed by atoms with van der Waals surface area (Å²) in [5.41, 5.74) is 5.82. The largest absolute Gasteiger partial charge is 0.398 e. The fourth-order valence-electron chi connectivity index (χ4n) is 1.70. The van der Waals surface area contributed by atoms with Gasteiger partial charge < -0.3 is 5.73 Å². The van der Waals surface area contributed by atoms with Crippen LogP contribution in [0, 0.1) is 0 Å². The molecule has 0 spiro atoms. The fraction of sp³-hybridized carbons (Fsp3) is 0.0714. The summed E-state index contributed by atoms with van der Waals surface area (Å²) in [5, 5.41) is 10.7. The van der Waals surface area contributed by atoms with Crippen LogP contribution in [-0.4, -0.2) is 42.4 Å². The van der Waals surface area contributed by atoms with E-state index in [1.54, 1.807) is 6.07 Å². The molecule has 26 heavy (non-hydrogen) atoms. The summed E-state index contributed by atoms with van der Waals surface area (Å²) >= 11 is -4.76. The third kappa shape index (κ3) is 6.64. The van der Waals surface area contributed by atoms with E-state index in [1.807, 2.05) is 0 Å². The van der Waals surface area contributed by atoms with Gasteiger partial charge in [-0.3, -0.25) is 4.55 Å². The van der Waals surface area contributed by atoms with E-state index < -0.39 is 24.3 Å². The molecular weight excluding hydrogens is 431 g/mol. The average Bonchev–Trinajstić information content (AvgIpc) is 2.55. The van der Waals surface area contributed by atoms with Gasteiger partial charge in [0.2, 0.25) is 0 Å². The Balaban J connectivity index is 0.000000273. The predicted molar refractivity (Wildman–Crippen MR) is 93.4 cm³/mol. The van der Waals surface area contributed by atoms with Crippen LogP contribution >= 0.6 is 0 Å². The molecule has 12 heteroatoms. The van der Waals surface area contributed by atoms with E-state index in [1.165, 1.54) is 49.4 Å². The molecule has 6 N–H and O–H groups in total. The Kier molecular flexibility index (Phi) is 7.57. The molecule has 10 nitrogen and oxygen atoms in total. The first kappa shape index (κ1) is 21.9. The van der Waals surface area contributed by atoms with Crippen molar-refractivity contribution in [1.29, 1.82) is 0 Å². The summed E-state index contributed by atoms with van der Waals surface area (Å²) in [7, 11) is -4.16. The van der Waals surface area contributed by atoms with Crippen LogP contribution in [0.1, 0.15) is 6.92 Å². The van der Waals surface area contributed by atoms with Crippen molar-refractivity contribution in [3.8, 4) is 0 Å². The standard InChI is InChI=1S/C8H10AsNO5.C6H7NO3S/c1-6(11)10-8-4-2-7(3-5-8)9(12,13)15-14;7-5-3-1-2-4-6(5)11(8,9)10/h2-5,14H,1H3,(H,10,11)(H,12,13);1-4H,7H2,(H,8,9,10). The van der Waals surface area contributed by atoms with Crippen molar-refractivity contribution in [1.82, 2.24) is 0 Å². The van der Waals surface area contributed by atoms with E-state index in [9.17, 15) is 17.0 Å². The minimum atomic E-state index is -4.76. The minimum Gasteiger partial charge on any atom is -0.398 e. The first-order chi connectivity index (χ1) is 12.0. The Labute approximate surface area is 152 Å². The Bertz CT molecular complexity index is 915. The second-order valence-corrected chi connectivity index (χ2v) is 9.84. The van der Waals surface area contributed by atoms with Crippen molar-refractivity contribution in [3.63, 3.8) is 0 Å². The maximum atomic E-state index is 11.2. The number of carbonyl (C=O) groups is 1. The fourth-order valence-corrected chi connectivity index (χ4v) is 3.62. The van der Waals surface area contributed by atoms with Gasteiger partial charge in [-0.05, 0) is 12.1 Å². The Morgan fingerprint density at radius 3 is 2.08 bits per heavy atom. The van der Waals surface area contributed by atoms with Crippen LogP contribution in [0.25, 0.3) is 0 Å². The number of para-hydroxylation sites is 1. The van der Waals surface area contributed by atoms with E-state index in [2.05, 4.69) is 9.19 Å². The third-order valence-electron chi connectivity index (χ3n) is 2.82. The number of carbonyl (C=O) groups excluding carboxylic acids is 1. The van der Waals surface area contributed by atoms with Crippen LogP contribution in [0.3, 0.4) is 0 Å². The summed E-state index contributed by atoms with van der Waals surface area (Å²) in [6.45, 7) is 1.35. The molecular formula is C14H17AsN2O8S. The van der Waals surface area contributed by atoms with Gasteiger partial charge in [0.15, 0.2) is 0 Å². The zero-order chi connectivity index (χ0) is 20.0. The van der Waals surface area contributed by atoms with Gasteiger partial charge in [-0.15, -0.1) is 0 Å². The van der Waals surface area contributed by atoms with Gasteiger partial charge in [0.25, 0.3) is 10.1 Å². The van der Waals surface area contributed by atoms with Crippen LogP contribution in [0.15, 0.2) is 53.4 Å². The number of anilines is 2. The SMILES string of the molecule is CC(=O)Nc1ccc([As](=O)(O)OO)cc1.Nc1ccccc1S(=O)(=O)O. The van der Waals surface area contributed by atoms with Gasteiger partial charge >= 0.3 is 88.4 Å². The molecule has 2 aromatic carbocycles. The van der Waals surface area contributed by atoms with Gasteiger partial charge in [0.1, 0.15) is 4.90 Å². The Morgan fingerprint density at radius 1 is 1.15 bits per heavy atom. The number of rotatable bonds is 4. The Hall–Kier alpha value is -2.14. The quantitative estimate of drug-likeness (QED) is 0.144. The van der Waals surface area contributed by atoms with Crippen molar-refractivity contribution in [2.24, 2.45) is 0 Å². The molecule has 1 unspecified atom stereocenters. The molecule has 0 radical (unpaired) electrons. The third-order valence-corrected chi connectivity index (χ3v) is 6.21. The van der Waals surface area contributed by atoms with Crippen LogP contribution in [-0.2, 0) is 22.5 Å². The molecule has 0 aromatic heterocycles. The van der Waals surface area contributed by atoms with E-state index in [-0.39, 0.29) is 20.8 Å². The molecule has 0 aliphatic heterocycles. The predicted octanol–water partition coefficient (Wildman–Crippen LogP) is 0.219. The normalized spacial score (nSPS) is 13.1. The van der Waals surface area contributed by atoms with Gasteiger partial charge in [0, 0.05) is 0 Å². The molecule has 0 aliphatic rings. The van der Waals surface area contributed by atoms with E-state index in [0.29, 0.717) is 5.69 Å². The molecule has 0 aliphatic carbocycles. The van der Waals surface area contributed by atoms with E-state index in [4.69, 9.17) is 19.6 Å². The molecule has 0 bridgehead atoms. The van der Waals surface area contributed by atoms with Crippen molar-refractivity contribution >= 4 is 45.9 Å².